The minimum absolute atomic E-state index is 0.0578. The van der Waals surface area contributed by atoms with Crippen LogP contribution in [-0.4, -0.2) is 29.2 Å². The average molecular weight is 406 g/mol. The number of carbonyl (C=O) groups is 3. The molecule has 8 heteroatoms. The Balaban J connectivity index is 1.75. The molecule has 0 radical (unpaired) electrons. The molecule has 1 aromatic heterocycles. The van der Waals surface area contributed by atoms with Crippen molar-refractivity contribution in [2.75, 3.05) is 11.9 Å². The van der Waals surface area contributed by atoms with Crippen molar-refractivity contribution in [3.8, 4) is 0 Å². The maximum Gasteiger partial charge on any atom is 0.248 e. The van der Waals surface area contributed by atoms with Crippen molar-refractivity contribution in [2.45, 2.75) is 13.1 Å². The minimum Gasteiger partial charge on any atom is -0.468 e. The number of rotatable bonds is 9. The number of hydrogen-bond donors (Lipinski definition) is 3. The van der Waals surface area contributed by atoms with Crippen molar-refractivity contribution >= 4 is 23.4 Å². The van der Waals surface area contributed by atoms with Crippen LogP contribution in [0.3, 0.4) is 0 Å². The number of carbonyl (C=O) groups excluding carboxylic acids is 3. The lowest BCUT2D eigenvalue weighted by molar-refractivity contribution is -0.117. The molecule has 0 aliphatic rings. The Morgan fingerprint density at radius 1 is 0.867 bits per heavy atom. The highest BCUT2D eigenvalue weighted by molar-refractivity contribution is 6.01. The van der Waals surface area contributed by atoms with E-state index in [0.29, 0.717) is 13.1 Å². The minimum atomic E-state index is -0.725. The highest BCUT2D eigenvalue weighted by atomic mass is 16.3. The monoisotopic (exact) mass is 406 g/mol. The first-order valence-corrected chi connectivity index (χ1v) is 9.24. The van der Waals surface area contributed by atoms with Crippen LogP contribution in [0.15, 0.2) is 71.3 Å². The third-order valence-corrected chi connectivity index (χ3v) is 4.36. The largest absolute Gasteiger partial charge is 0.468 e. The van der Waals surface area contributed by atoms with E-state index in [1.165, 1.54) is 18.2 Å². The summed E-state index contributed by atoms with van der Waals surface area (Å²) in [6.45, 7) is 1.02. The highest BCUT2D eigenvalue weighted by Crippen LogP contribution is 2.16. The zero-order valence-electron chi connectivity index (χ0n) is 16.2. The van der Waals surface area contributed by atoms with Gasteiger partial charge in [0.25, 0.3) is 0 Å². The Morgan fingerprint density at radius 2 is 1.53 bits per heavy atom. The van der Waals surface area contributed by atoms with Gasteiger partial charge in [0.15, 0.2) is 0 Å². The quantitative estimate of drug-likeness (QED) is 0.501. The number of hydrogen-bond acceptors (Lipinski definition) is 5. The molecule has 0 aliphatic carbocycles. The average Bonchev–Trinajstić information content (AvgIpc) is 3.21. The summed E-state index contributed by atoms with van der Waals surface area (Å²) in [6.07, 6.45) is 1.58. The molecule has 3 aromatic rings. The van der Waals surface area contributed by atoms with Gasteiger partial charge in [-0.1, -0.05) is 30.3 Å². The summed E-state index contributed by atoms with van der Waals surface area (Å²) in [4.78, 5) is 37.6. The van der Waals surface area contributed by atoms with Crippen molar-refractivity contribution < 1.29 is 18.8 Å². The van der Waals surface area contributed by atoms with Gasteiger partial charge < -0.3 is 21.2 Å². The van der Waals surface area contributed by atoms with E-state index in [1.807, 2.05) is 41.3 Å². The molecule has 0 spiro atoms. The second-order valence-electron chi connectivity index (χ2n) is 6.79. The molecule has 8 nitrogen and oxygen atoms in total. The van der Waals surface area contributed by atoms with E-state index in [2.05, 4.69) is 5.32 Å². The summed E-state index contributed by atoms with van der Waals surface area (Å²) in [7, 11) is 0. The van der Waals surface area contributed by atoms with Crippen LogP contribution in [-0.2, 0) is 17.9 Å². The van der Waals surface area contributed by atoms with Crippen LogP contribution in [0.1, 0.15) is 32.0 Å². The second-order valence-corrected chi connectivity index (χ2v) is 6.79. The third-order valence-electron chi connectivity index (χ3n) is 4.36. The van der Waals surface area contributed by atoms with Crippen LogP contribution in [0.4, 0.5) is 5.69 Å². The third kappa shape index (κ3) is 5.79. The molecular formula is C22H22N4O4. The molecule has 0 atom stereocenters. The van der Waals surface area contributed by atoms with Crippen molar-refractivity contribution in [1.29, 1.82) is 0 Å². The van der Waals surface area contributed by atoms with Crippen LogP contribution in [0.5, 0.6) is 0 Å². The fourth-order valence-corrected chi connectivity index (χ4v) is 3.02. The summed E-state index contributed by atoms with van der Waals surface area (Å²) in [5.74, 6) is -1.05. The van der Waals surface area contributed by atoms with Gasteiger partial charge >= 0.3 is 0 Å². The molecule has 2 aromatic carbocycles. The van der Waals surface area contributed by atoms with Crippen molar-refractivity contribution in [2.24, 2.45) is 11.5 Å². The Kier molecular flexibility index (Phi) is 6.61. The van der Waals surface area contributed by atoms with E-state index >= 15 is 0 Å². The van der Waals surface area contributed by atoms with E-state index in [9.17, 15) is 14.4 Å². The number of anilines is 1. The molecule has 3 rings (SSSR count). The molecule has 0 bridgehead atoms. The van der Waals surface area contributed by atoms with Gasteiger partial charge in [-0.3, -0.25) is 19.3 Å². The summed E-state index contributed by atoms with van der Waals surface area (Å²) < 4.78 is 5.41. The van der Waals surface area contributed by atoms with Gasteiger partial charge in [0.1, 0.15) is 5.76 Å². The number of nitrogens with zero attached hydrogens (tertiary/aromatic N) is 1. The van der Waals surface area contributed by atoms with Crippen molar-refractivity contribution in [3.05, 3.63) is 89.4 Å². The number of nitrogens with one attached hydrogen (secondary N) is 1. The molecular weight excluding hydrogens is 384 g/mol. The molecule has 30 heavy (non-hydrogen) atoms. The van der Waals surface area contributed by atoms with Gasteiger partial charge in [0.2, 0.25) is 17.7 Å². The van der Waals surface area contributed by atoms with Gasteiger partial charge in [0.05, 0.1) is 19.4 Å². The Bertz CT molecular complexity index is 1000. The van der Waals surface area contributed by atoms with E-state index in [4.69, 9.17) is 15.9 Å². The molecule has 0 aliphatic heterocycles. The number of primary amides is 2. The summed E-state index contributed by atoms with van der Waals surface area (Å²) in [5, 5.41) is 2.70. The van der Waals surface area contributed by atoms with Crippen LogP contribution in [0.2, 0.25) is 0 Å². The number of amides is 3. The zero-order chi connectivity index (χ0) is 21.5. The zero-order valence-corrected chi connectivity index (χ0v) is 16.2. The maximum absolute atomic E-state index is 12.7. The second kappa shape index (κ2) is 9.53. The number of benzene rings is 2. The lowest BCUT2D eigenvalue weighted by Gasteiger charge is -2.21. The smallest absolute Gasteiger partial charge is 0.248 e. The number of nitrogens with two attached hydrogens (primary N) is 2. The molecule has 154 valence electrons. The first-order chi connectivity index (χ1) is 14.4. The van der Waals surface area contributed by atoms with E-state index in [1.54, 1.807) is 12.3 Å². The fraction of sp³-hybridized carbons (Fsp3) is 0.136. The standard InChI is InChI=1S/C22H22N4O4/c23-21(28)16-9-17(22(24)29)11-18(10-16)25-20(27)14-26(13-19-7-4-8-30-19)12-15-5-2-1-3-6-15/h1-11H,12-14H2,(H2,23,28)(H2,24,29)(H,25,27). The maximum atomic E-state index is 12.7. The Labute approximate surface area is 173 Å². The SMILES string of the molecule is NC(=O)c1cc(NC(=O)CN(Cc2ccccc2)Cc2ccco2)cc(C(N)=O)c1. The molecule has 0 unspecified atom stereocenters. The predicted molar refractivity (Wildman–Crippen MR) is 111 cm³/mol. The molecule has 1 heterocycles. The van der Waals surface area contributed by atoms with Crippen LogP contribution in [0.25, 0.3) is 0 Å². The first kappa shape index (κ1) is 20.8. The van der Waals surface area contributed by atoms with Gasteiger partial charge in [0, 0.05) is 23.4 Å². The van der Waals surface area contributed by atoms with Crippen molar-refractivity contribution in [1.82, 2.24) is 4.90 Å². The molecule has 0 saturated heterocycles. The molecule has 0 saturated carbocycles. The fourth-order valence-electron chi connectivity index (χ4n) is 3.02. The summed E-state index contributed by atoms with van der Waals surface area (Å²) in [6, 6.07) is 17.5. The van der Waals surface area contributed by atoms with E-state index < -0.39 is 11.8 Å². The molecule has 3 amide bonds. The highest BCUT2D eigenvalue weighted by Gasteiger charge is 2.15. The lowest BCUT2D eigenvalue weighted by atomic mass is 10.1. The lowest BCUT2D eigenvalue weighted by Crippen LogP contribution is -2.32. The topological polar surface area (TPSA) is 132 Å². The molecule has 5 N–H and O–H groups in total. The van der Waals surface area contributed by atoms with Gasteiger partial charge in [-0.15, -0.1) is 0 Å². The summed E-state index contributed by atoms with van der Waals surface area (Å²) >= 11 is 0. The van der Waals surface area contributed by atoms with Gasteiger partial charge in [-0.25, -0.2) is 0 Å². The van der Waals surface area contributed by atoms with Crippen LogP contribution >= 0.6 is 0 Å². The first-order valence-electron chi connectivity index (χ1n) is 9.24. The van der Waals surface area contributed by atoms with E-state index in [0.717, 1.165) is 11.3 Å². The normalized spacial score (nSPS) is 10.7. The van der Waals surface area contributed by atoms with E-state index in [-0.39, 0.29) is 29.3 Å². The predicted octanol–water partition coefficient (Wildman–Crippen LogP) is 2.12. The Hall–Kier alpha value is -3.91. The van der Waals surface area contributed by atoms with Crippen LogP contribution < -0.4 is 16.8 Å². The Morgan fingerprint density at radius 3 is 2.10 bits per heavy atom. The van der Waals surface area contributed by atoms with Crippen molar-refractivity contribution in [3.63, 3.8) is 0 Å². The summed E-state index contributed by atoms with van der Waals surface area (Å²) in [5.41, 5.74) is 12.1. The van der Waals surface area contributed by atoms with Gasteiger partial charge in [-0.05, 0) is 35.9 Å². The van der Waals surface area contributed by atoms with Crippen LogP contribution in [0, 0.1) is 0 Å². The number of furan rings is 1. The van der Waals surface area contributed by atoms with Gasteiger partial charge in [-0.2, -0.15) is 0 Å². The molecule has 0 fully saturated rings.